The van der Waals surface area contributed by atoms with Gasteiger partial charge in [0.25, 0.3) is 5.92 Å². The van der Waals surface area contributed by atoms with Crippen LogP contribution in [-0.2, 0) is 5.54 Å². The van der Waals surface area contributed by atoms with Crippen molar-refractivity contribution in [2.24, 2.45) is 5.73 Å². The molecular formula is C12H15F2NO. The molecule has 1 fully saturated rings. The lowest BCUT2D eigenvalue weighted by Crippen LogP contribution is -2.55. The summed E-state index contributed by atoms with van der Waals surface area (Å²) in [5, 5.41) is 0. The van der Waals surface area contributed by atoms with E-state index in [1.54, 1.807) is 6.07 Å². The molecule has 0 bridgehead atoms. The largest absolute Gasteiger partial charge is 0.496 e. The van der Waals surface area contributed by atoms with Gasteiger partial charge in [-0.2, -0.15) is 0 Å². The van der Waals surface area contributed by atoms with E-state index in [-0.39, 0.29) is 12.8 Å². The topological polar surface area (TPSA) is 35.2 Å². The molecule has 0 aromatic heterocycles. The molecule has 2 nitrogen and oxygen atoms in total. The Morgan fingerprint density at radius 3 is 2.44 bits per heavy atom. The molecule has 0 atom stereocenters. The Morgan fingerprint density at radius 1 is 1.31 bits per heavy atom. The Labute approximate surface area is 93.4 Å². The number of rotatable bonds is 2. The van der Waals surface area contributed by atoms with Gasteiger partial charge < -0.3 is 10.5 Å². The fourth-order valence-corrected chi connectivity index (χ4v) is 2.38. The molecule has 88 valence electrons. The summed E-state index contributed by atoms with van der Waals surface area (Å²) in [6, 6.07) is 5.46. The minimum Gasteiger partial charge on any atom is -0.496 e. The molecule has 2 rings (SSSR count). The van der Waals surface area contributed by atoms with E-state index in [4.69, 9.17) is 10.5 Å². The Morgan fingerprint density at radius 2 is 1.94 bits per heavy atom. The van der Waals surface area contributed by atoms with Crippen LogP contribution in [0.4, 0.5) is 8.78 Å². The van der Waals surface area contributed by atoms with Crippen LogP contribution < -0.4 is 10.5 Å². The van der Waals surface area contributed by atoms with Crippen molar-refractivity contribution in [3.8, 4) is 5.75 Å². The van der Waals surface area contributed by atoms with Crippen molar-refractivity contribution < 1.29 is 13.5 Å². The van der Waals surface area contributed by atoms with E-state index in [2.05, 4.69) is 0 Å². The average molecular weight is 227 g/mol. The smallest absolute Gasteiger partial charge is 0.252 e. The summed E-state index contributed by atoms with van der Waals surface area (Å²) in [5.74, 6) is -2.01. The highest BCUT2D eigenvalue weighted by molar-refractivity contribution is 5.46. The van der Waals surface area contributed by atoms with Crippen molar-refractivity contribution in [2.45, 2.75) is 31.2 Å². The molecule has 1 aromatic rings. The minimum absolute atomic E-state index is 0.306. The van der Waals surface area contributed by atoms with E-state index in [0.717, 1.165) is 5.56 Å². The van der Waals surface area contributed by atoms with E-state index >= 15 is 0 Å². The van der Waals surface area contributed by atoms with E-state index in [1.165, 1.54) is 7.11 Å². The van der Waals surface area contributed by atoms with Crippen LogP contribution in [0.15, 0.2) is 18.2 Å². The van der Waals surface area contributed by atoms with Crippen molar-refractivity contribution in [1.29, 1.82) is 0 Å². The number of para-hydroxylation sites is 1. The van der Waals surface area contributed by atoms with Crippen LogP contribution in [0, 0.1) is 6.92 Å². The van der Waals surface area contributed by atoms with Gasteiger partial charge in [-0.3, -0.25) is 0 Å². The molecule has 0 unspecified atom stereocenters. The third kappa shape index (κ3) is 1.67. The van der Waals surface area contributed by atoms with Crippen molar-refractivity contribution in [1.82, 2.24) is 0 Å². The lowest BCUT2D eigenvalue weighted by Gasteiger charge is -2.45. The van der Waals surface area contributed by atoms with Gasteiger partial charge in [0.15, 0.2) is 0 Å². The number of benzene rings is 1. The highest BCUT2D eigenvalue weighted by Crippen LogP contribution is 2.52. The van der Waals surface area contributed by atoms with Crippen molar-refractivity contribution >= 4 is 0 Å². The highest BCUT2D eigenvalue weighted by Gasteiger charge is 2.56. The van der Waals surface area contributed by atoms with Gasteiger partial charge in [-0.15, -0.1) is 0 Å². The highest BCUT2D eigenvalue weighted by atomic mass is 19.3. The molecular weight excluding hydrogens is 212 g/mol. The molecule has 0 spiro atoms. The van der Waals surface area contributed by atoms with Crippen LogP contribution >= 0.6 is 0 Å². The summed E-state index contributed by atoms with van der Waals surface area (Å²) in [6.45, 7) is 1.88. The van der Waals surface area contributed by atoms with Crippen molar-refractivity contribution in [3.05, 3.63) is 29.3 Å². The zero-order valence-corrected chi connectivity index (χ0v) is 9.39. The second kappa shape index (κ2) is 3.42. The lowest BCUT2D eigenvalue weighted by atomic mass is 9.69. The summed E-state index contributed by atoms with van der Waals surface area (Å²) in [6.07, 6.45) is -0.611. The van der Waals surface area contributed by atoms with Crippen LogP contribution in [0.1, 0.15) is 24.0 Å². The predicted molar refractivity (Wildman–Crippen MR) is 57.8 cm³/mol. The second-order valence-corrected chi connectivity index (χ2v) is 4.52. The number of nitrogens with two attached hydrogens (primary N) is 1. The number of halogens is 2. The molecule has 4 heteroatoms. The van der Waals surface area contributed by atoms with Crippen molar-refractivity contribution in [3.63, 3.8) is 0 Å². The van der Waals surface area contributed by atoms with E-state index in [1.807, 2.05) is 19.1 Å². The average Bonchev–Trinajstić information content (AvgIpc) is 2.14. The quantitative estimate of drug-likeness (QED) is 0.842. The first-order valence-electron chi connectivity index (χ1n) is 5.19. The predicted octanol–water partition coefficient (Wildman–Crippen LogP) is 2.59. The fraction of sp³-hybridized carbons (Fsp3) is 0.500. The first kappa shape index (κ1) is 11.3. The lowest BCUT2D eigenvalue weighted by molar-refractivity contribution is -0.125. The zero-order chi connectivity index (χ0) is 12.0. The minimum atomic E-state index is -2.64. The number of hydrogen-bond donors (Lipinski definition) is 1. The van der Waals surface area contributed by atoms with Gasteiger partial charge in [0.05, 0.1) is 12.6 Å². The maximum absolute atomic E-state index is 12.9. The summed E-state index contributed by atoms with van der Waals surface area (Å²) in [4.78, 5) is 0. The van der Waals surface area contributed by atoms with Crippen LogP contribution in [0.2, 0.25) is 0 Å². The fourth-order valence-electron chi connectivity index (χ4n) is 2.38. The molecule has 2 N–H and O–H groups in total. The molecule has 1 aliphatic rings. The van der Waals surface area contributed by atoms with E-state index in [0.29, 0.717) is 11.3 Å². The summed E-state index contributed by atoms with van der Waals surface area (Å²) in [7, 11) is 1.53. The molecule has 0 saturated heterocycles. The van der Waals surface area contributed by atoms with Gasteiger partial charge in [0.1, 0.15) is 5.75 Å². The number of ether oxygens (including phenoxy) is 1. The number of aryl methyl sites for hydroxylation is 1. The standard InChI is InChI=1S/C12H15F2NO/c1-8-4-3-5-9(10(8)16-2)11(15)6-12(13,14)7-11/h3-5H,6-7,15H2,1-2H3. The monoisotopic (exact) mass is 227 g/mol. The SMILES string of the molecule is COc1c(C)cccc1C1(N)CC(F)(F)C1. The van der Waals surface area contributed by atoms with E-state index < -0.39 is 11.5 Å². The third-order valence-corrected chi connectivity index (χ3v) is 3.10. The number of hydrogen-bond acceptors (Lipinski definition) is 2. The third-order valence-electron chi connectivity index (χ3n) is 3.10. The molecule has 1 aliphatic carbocycles. The van der Waals surface area contributed by atoms with Crippen LogP contribution in [-0.4, -0.2) is 13.0 Å². The Bertz CT molecular complexity index is 409. The van der Waals surface area contributed by atoms with Gasteiger partial charge in [0.2, 0.25) is 0 Å². The number of methoxy groups -OCH3 is 1. The zero-order valence-electron chi connectivity index (χ0n) is 9.39. The first-order chi connectivity index (χ1) is 7.38. The molecule has 0 heterocycles. The van der Waals surface area contributed by atoms with E-state index in [9.17, 15) is 8.78 Å². The van der Waals surface area contributed by atoms with Crippen LogP contribution in [0.3, 0.4) is 0 Å². The van der Waals surface area contributed by atoms with Crippen LogP contribution in [0.5, 0.6) is 5.75 Å². The maximum Gasteiger partial charge on any atom is 0.252 e. The maximum atomic E-state index is 12.9. The second-order valence-electron chi connectivity index (χ2n) is 4.52. The Balaban J connectivity index is 2.38. The van der Waals surface area contributed by atoms with Crippen molar-refractivity contribution in [2.75, 3.05) is 7.11 Å². The number of alkyl halides is 2. The Kier molecular flexibility index (Phi) is 2.42. The normalized spacial score (nSPS) is 21.3. The summed E-state index contributed by atoms with van der Waals surface area (Å²) >= 11 is 0. The molecule has 0 amide bonds. The first-order valence-corrected chi connectivity index (χ1v) is 5.19. The molecule has 1 aromatic carbocycles. The molecule has 16 heavy (non-hydrogen) atoms. The summed E-state index contributed by atoms with van der Waals surface area (Å²) in [5.41, 5.74) is 6.64. The van der Waals surface area contributed by atoms with Gasteiger partial charge in [-0.25, -0.2) is 8.78 Å². The Hall–Kier alpha value is -1.16. The molecule has 0 radical (unpaired) electrons. The summed E-state index contributed by atoms with van der Waals surface area (Å²) < 4.78 is 31.1. The van der Waals surface area contributed by atoms with Gasteiger partial charge >= 0.3 is 0 Å². The van der Waals surface area contributed by atoms with Gasteiger partial charge in [0, 0.05) is 18.4 Å². The van der Waals surface area contributed by atoms with Crippen LogP contribution in [0.25, 0.3) is 0 Å². The molecule has 1 saturated carbocycles. The van der Waals surface area contributed by atoms with Gasteiger partial charge in [-0.1, -0.05) is 18.2 Å². The molecule has 0 aliphatic heterocycles. The van der Waals surface area contributed by atoms with Gasteiger partial charge in [-0.05, 0) is 12.5 Å².